The zero-order valence-corrected chi connectivity index (χ0v) is 16.5. The minimum absolute atomic E-state index is 0.213. The van der Waals surface area contributed by atoms with Crippen molar-refractivity contribution in [2.45, 2.75) is 25.3 Å². The van der Waals surface area contributed by atoms with Gasteiger partial charge in [0.25, 0.3) is 0 Å². The zero-order valence-electron chi connectivity index (χ0n) is 15.8. The van der Waals surface area contributed by atoms with E-state index < -0.39 is 0 Å². The summed E-state index contributed by atoms with van der Waals surface area (Å²) in [5.74, 6) is 1.72. The molecule has 0 spiro atoms. The molecule has 4 rings (SSSR count). The maximum absolute atomic E-state index is 12.4. The Morgan fingerprint density at radius 3 is 2.64 bits per heavy atom. The van der Waals surface area contributed by atoms with E-state index in [4.69, 9.17) is 16.3 Å². The quantitative estimate of drug-likeness (QED) is 0.713. The van der Waals surface area contributed by atoms with E-state index in [1.54, 1.807) is 7.11 Å². The lowest BCUT2D eigenvalue weighted by atomic mass is 9.97. The van der Waals surface area contributed by atoms with Crippen molar-refractivity contribution in [1.29, 1.82) is 0 Å². The Morgan fingerprint density at radius 2 is 1.93 bits per heavy atom. The Labute approximate surface area is 168 Å². The molecule has 1 atom stereocenters. The van der Waals surface area contributed by atoms with E-state index in [2.05, 4.69) is 27.1 Å². The minimum atomic E-state index is -0.213. The van der Waals surface area contributed by atoms with Gasteiger partial charge in [0.15, 0.2) is 0 Å². The molecule has 1 aliphatic heterocycles. The van der Waals surface area contributed by atoms with Crippen molar-refractivity contribution in [3.63, 3.8) is 0 Å². The number of likely N-dealkylation sites (tertiary alicyclic amines) is 1. The summed E-state index contributed by atoms with van der Waals surface area (Å²) in [5.41, 5.74) is 1.75. The van der Waals surface area contributed by atoms with Crippen molar-refractivity contribution in [2.75, 3.05) is 20.2 Å². The number of benzene rings is 2. The lowest BCUT2D eigenvalue weighted by Crippen LogP contribution is -2.34. The second-order valence-corrected chi connectivity index (χ2v) is 7.56. The van der Waals surface area contributed by atoms with Crippen molar-refractivity contribution in [3.05, 3.63) is 75.4 Å². The highest BCUT2D eigenvalue weighted by Crippen LogP contribution is 2.25. The molecule has 0 saturated carbocycles. The van der Waals surface area contributed by atoms with Gasteiger partial charge in [0.2, 0.25) is 0 Å². The molecule has 6 nitrogen and oxygen atoms in total. The normalized spacial score (nSPS) is 17.6. The van der Waals surface area contributed by atoms with Crippen molar-refractivity contribution in [1.82, 2.24) is 19.7 Å². The smallest absolute Gasteiger partial charge is 0.348 e. The first-order chi connectivity index (χ1) is 13.6. The van der Waals surface area contributed by atoms with E-state index in [-0.39, 0.29) is 11.6 Å². The van der Waals surface area contributed by atoms with E-state index in [0.29, 0.717) is 0 Å². The summed E-state index contributed by atoms with van der Waals surface area (Å²) in [7, 11) is 1.62. The highest BCUT2D eigenvalue weighted by molar-refractivity contribution is 6.30. The van der Waals surface area contributed by atoms with Gasteiger partial charge in [-0.05, 0) is 61.3 Å². The number of aromatic amines is 1. The van der Waals surface area contributed by atoms with Crippen LogP contribution in [0, 0.1) is 0 Å². The Kier molecular flexibility index (Phi) is 5.50. The lowest BCUT2D eigenvalue weighted by molar-refractivity contribution is 0.196. The standard InChI is InChI=1S/C21H23ClN4O2/c1-28-19-10-8-18(9-11-19)26-21(27)23-20(24-26)16-3-2-12-25(14-16)13-15-4-6-17(22)7-5-15/h4-11,16H,2-3,12-14H2,1H3,(H,23,24,27)/t16-/m0/s1. The summed E-state index contributed by atoms with van der Waals surface area (Å²) in [6, 6.07) is 15.3. The number of halogens is 1. The summed E-state index contributed by atoms with van der Waals surface area (Å²) in [6.45, 7) is 2.79. The molecule has 3 aromatic rings. The molecule has 2 heterocycles. The van der Waals surface area contributed by atoms with Crippen LogP contribution in [0.2, 0.25) is 5.02 Å². The van der Waals surface area contributed by atoms with Gasteiger partial charge in [-0.15, -0.1) is 5.10 Å². The van der Waals surface area contributed by atoms with Gasteiger partial charge in [0.1, 0.15) is 11.6 Å². The van der Waals surface area contributed by atoms with E-state index in [1.807, 2.05) is 36.4 Å². The van der Waals surface area contributed by atoms with Gasteiger partial charge < -0.3 is 4.74 Å². The largest absolute Gasteiger partial charge is 0.497 e. The Hall–Kier alpha value is -2.57. The van der Waals surface area contributed by atoms with Gasteiger partial charge in [-0.25, -0.2) is 4.79 Å². The summed E-state index contributed by atoms with van der Waals surface area (Å²) < 4.78 is 6.60. The van der Waals surface area contributed by atoms with Gasteiger partial charge in [0.05, 0.1) is 12.8 Å². The predicted molar refractivity (Wildman–Crippen MR) is 109 cm³/mol. The molecule has 2 aromatic carbocycles. The number of methoxy groups -OCH3 is 1. The van der Waals surface area contributed by atoms with Crippen LogP contribution in [0.15, 0.2) is 53.3 Å². The number of ether oxygens (including phenoxy) is 1. The molecule has 0 bridgehead atoms. The summed E-state index contributed by atoms with van der Waals surface area (Å²) >= 11 is 5.98. The maximum Gasteiger partial charge on any atom is 0.348 e. The summed E-state index contributed by atoms with van der Waals surface area (Å²) in [5, 5.41) is 5.33. The molecule has 0 radical (unpaired) electrons. The Morgan fingerprint density at radius 1 is 1.18 bits per heavy atom. The number of hydrogen-bond acceptors (Lipinski definition) is 4. The molecular formula is C21H23ClN4O2. The molecule has 1 saturated heterocycles. The van der Waals surface area contributed by atoms with Gasteiger partial charge in [-0.1, -0.05) is 23.7 Å². The van der Waals surface area contributed by atoms with Crippen molar-refractivity contribution < 1.29 is 4.74 Å². The van der Waals surface area contributed by atoms with Crippen LogP contribution in [0.4, 0.5) is 0 Å². The number of rotatable bonds is 5. The van der Waals surface area contributed by atoms with Crippen LogP contribution in [0.3, 0.4) is 0 Å². The third-order valence-corrected chi connectivity index (χ3v) is 5.42. The Balaban J connectivity index is 1.49. The fraction of sp³-hybridized carbons (Fsp3) is 0.333. The van der Waals surface area contributed by atoms with E-state index in [9.17, 15) is 4.79 Å². The molecule has 0 amide bonds. The van der Waals surface area contributed by atoms with Crippen LogP contribution in [-0.4, -0.2) is 39.9 Å². The molecule has 0 unspecified atom stereocenters. The number of hydrogen-bond donors (Lipinski definition) is 1. The second-order valence-electron chi connectivity index (χ2n) is 7.13. The zero-order chi connectivity index (χ0) is 19.5. The third-order valence-electron chi connectivity index (χ3n) is 5.16. The highest BCUT2D eigenvalue weighted by Gasteiger charge is 2.25. The predicted octanol–water partition coefficient (Wildman–Crippen LogP) is 3.60. The lowest BCUT2D eigenvalue weighted by Gasteiger charge is -2.31. The number of nitrogens with one attached hydrogen (secondary N) is 1. The second kappa shape index (κ2) is 8.20. The molecule has 0 aliphatic carbocycles. The molecule has 28 heavy (non-hydrogen) atoms. The average molecular weight is 399 g/mol. The van der Waals surface area contributed by atoms with Gasteiger partial charge in [0, 0.05) is 24.0 Å². The first kappa shape index (κ1) is 18.8. The summed E-state index contributed by atoms with van der Waals surface area (Å²) in [4.78, 5) is 17.8. The molecule has 1 aliphatic rings. The minimum Gasteiger partial charge on any atom is -0.497 e. The van der Waals surface area contributed by atoms with Crippen LogP contribution in [0.25, 0.3) is 5.69 Å². The van der Waals surface area contributed by atoms with Crippen molar-refractivity contribution >= 4 is 11.6 Å². The Bertz CT molecular complexity index is 979. The maximum atomic E-state index is 12.4. The first-order valence-electron chi connectivity index (χ1n) is 9.43. The molecule has 1 N–H and O–H groups in total. The fourth-order valence-corrected chi connectivity index (χ4v) is 3.82. The number of H-pyrrole nitrogens is 1. The van der Waals surface area contributed by atoms with Crippen LogP contribution < -0.4 is 10.4 Å². The van der Waals surface area contributed by atoms with E-state index in [1.165, 1.54) is 10.2 Å². The topological polar surface area (TPSA) is 63.1 Å². The number of nitrogens with zero attached hydrogens (tertiary/aromatic N) is 3. The van der Waals surface area contributed by atoms with Gasteiger partial charge >= 0.3 is 5.69 Å². The van der Waals surface area contributed by atoms with Crippen molar-refractivity contribution in [2.24, 2.45) is 0 Å². The van der Waals surface area contributed by atoms with Gasteiger partial charge in [-0.3, -0.25) is 9.88 Å². The highest BCUT2D eigenvalue weighted by atomic mass is 35.5. The van der Waals surface area contributed by atoms with E-state index in [0.717, 1.165) is 54.8 Å². The molecule has 146 valence electrons. The fourth-order valence-electron chi connectivity index (χ4n) is 3.69. The SMILES string of the molecule is COc1ccc(-n2nc([C@H]3CCCN(Cc4ccc(Cl)cc4)C3)[nH]c2=O)cc1. The summed E-state index contributed by atoms with van der Waals surface area (Å²) in [6.07, 6.45) is 2.10. The number of aromatic nitrogens is 3. The van der Waals surface area contributed by atoms with Crippen LogP contribution in [-0.2, 0) is 6.54 Å². The average Bonchev–Trinajstić information content (AvgIpc) is 3.12. The first-order valence-corrected chi connectivity index (χ1v) is 9.80. The van der Waals surface area contributed by atoms with Gasteiger partial charge in [-0.2, -0.15) is 4.68 Å². The van der Waals surface area contributed by atoms with E-state index >= 15 is 0 Å². The number of piperidine rings is 1. The monoisotopic (exact) mass is 398 g/mol. The van der Waals surface area contributed by atoms with Crippen LogP contribution in [0.1, 0.15) is 30.1 Å². The van der Waals surface area contributed by atoms with Crippen LogP contribution >= 0.6 is 11.6 Å². The molecular weight excluding hydrogens is 376 g/mol. The third kappa shape index (κ3) is 4.13. The molecule has 1 fully saturated rings. The van der Waals surface area contributed by atoms with Crippen LogP contribution in [0.5, 0.6) is 5.75 Å². The molecule has 7 heteroatoms. The molecule has 1 aromatic heterocycles. The van der Waals surface area contributed by atoms with Crippen molar-refractivity contribution in [3.8, 4) is 11.4 Å².